The highest BCUT2D eigenvalue weighted by molar-refractivity contribution is 5.93. The number of fused-ring (bicyclic) bond motifs is 1. The van der Waals surface area contributed by atoms with Crippen LogP contribution in [0.15, 0.2) is 28.8 Å². The predicted molar refractivity (Wildman–Crippen MR) is 134 cm³/mol. The molecule has 3 amide bonds. The number of oxazole rings is 1. The van der Waals surface area contributed by atoms with Gasteiger partial charge in [-0.1, -0.05) is 6.07 Å². The van der Waals surface area contributed by atoms with E-state index in [0.29, 0.717) is 5.56 Å². The Kier molecular flexibility index (Phi) is 7.85. The lowest BCUT2D eigenvalue weighted by atomic mass is 9.82. The van der Waals surface area contributed by atoms with Crippen LogP contribution in [0.5, 0.6) is 0 Å². The number of aryl methyl sites for hydroxylation is 1. The van der Waals surface area contributed by atoms with Gasteiger partial charge in [-0.25, -0.2) is 22.9 Å². The number of carbonyl (C=O) groups is 2. The number of aromatic nitrogens is 3. The summed E-state index contributed by atoms with van der Waals surface area (Å²) in [5.74, 6) is -5.07. The lowest BCUT2D eigenvalue weighted by Gasteiger charge is -2.32. The topological polar surface area (TPSA) is 115 Å². The number of nitrogens with one attached hydrogen (secondary N) is 2. The Hall–Kier alpha value is -3.82. The van der Waals surface area contributed by atoms with Gasteiger partial charge in [0, 0.05) is 27.0 Å². The van der Waals surface area contributed by atoms with Crippen molar-refractivity contribution in [2.45, 2.75) is 55.9 Å². The molecule has 5 rings (SSSR count). The van der Waals surface area contributed by atoms with Crippen LogP contribution in [0.3, 0.4) is 0 Å². The van der Waals surface area contributed by atoms with Crippen LogP contribution in [0.2, 0.25) is 0 Å². The molecule has 1 aliphatic carbocycles. The highest BCUT2D eigenvalue weighted by Crippen LogP contribution is 2.42. The Morgan fingerprint density at radius 2 is 2.00 bits per heavy atom. The predicted octanol–water partition coefficient (Wildman–Crippen LogP) is 4.64. The number of nitrogens with zero attached hydrogens (tertiary/aromatic N) is 4. The second kappa shape index (κ2) is 11.1. The molecule has 10 nitrogen and oxygen atoms in total. The van der Waals surface area contributed by atoms with Crippen molar-refractivity contribution in [2.24, 2.45) is 13.0 Å². The fourth-order valence-electron chi connectivity index (χ4n) is 5.49. The number of urea groups is 1. The number of alkyl halides is 5. The van der Waals surface area contributed by atoms with Gasteiger partial charge in [0.25, 0.3) is 5.91 Å². The van der Waals surface area contributed by atoms with Crippen molar-refractivity contribution in [1.82, 2.24) is 30.3 Å². The number of halogens is 6. The summed E-state index contributed by atoms with van der Waals surface area (Å²) in [4.78, 5) is 31.0. The maximum atomic E-state index is 14.3. The molecule has 1 saturated heterocycles. The summed E-state index contributed by atoms with van der Waals surface area (Å²) in [7, 11) is 2.73. The SMILES string of the molecule is COCC(c1ccc2oc(C(NC(=O)c3c(F)cnn3C)C3CCC(F)(F)CC3)nc2c1)N1CC(C(F)(F)F)NC1=O. The van der Waals surface area contributed by atoms with Crippen LogP contribution in [-0.4, -0.2) is 70.0 Å². The fourth-order valence-corrected chi connectivity index (χ4v) is 5.49. The van der Waals surface area contributed by atoms with Gasteiger partial charge in [-0.3, -0.25) is 9.48 Å². The van der Waals surface area contributed by atoms with Gasteiger partial charge in [-0.05, 0) is 36.5 Å². The third kappa shape index (κ3) is 5.89. The molecule has 2 N–H and O–H groups in total. The zero-order valence-electron chi connectivity index (χ0n) is 22.6. The number of amides is 3. The van der Waals surface area contributed by atoms with E-state index in [2.05, 4.69) is 15.4 Å². The number of carbonyl (C=O) groups excluding carboxylic acids is 2. The summed E-state index contributed by atoms with van der Waals surface area (Å²) in [5, 5.41) is 8.33. The van der Waals surface area contributed by atoms with E-state index >= 15 is 0 Å². The Morgan fingerprint density at radius 1 is 1.29 bits per heavy atom. The molecule has 1 aliphatic heterocycles. The van der Waals surface area contributed by atoms with Crippen LogP contribution in [0, 0.1) is 11.7 Å². The van der Waals surface area contributed by atoms with Crippen LogP contribution < -0.4 is 10.6 Å². The molecule has 16 heteroatoms. The maximum absolute atomic E-state index is 14.3. The number of ether oxygens (including phenoxy) is 1. The third-order valence-corrected chi connectivity index (χ3v) is 7.74. The zero-order valence-corrected chi connectivity index (χ0v) is 22.6. The van der Waals surface area contributed by atoms with Gasteiger partial charge in [0.1, 0.15) is 17.6 Å². The first-order valence-electron chi connectivity index (χ1n) is 13.2. The first kappa shape index (κ1) is 29.7. The molecule has 3 atom stereocenters. The molecule has 0 bridgehead atoms. The minimum absolute atomic E-state index is 0.00682. The Balaban J connectivity index is 1.46. The van der Waals surface area contributed by atoms with Gasteiger partial charge in [-0.15, -0.1) is 0 Å². The Morgan fingerprint density at radius 3 is 2.60 bits per heavy atom. The standard InChI is InChI=1S/C26H28F6N6O4/c1-37-21(15(27)10-33-37)22(39)36-20(13-5-7-25(28,29)8-6-13)23-34-16-9-14(3-4-18(16)42-23)17(12-41-2)38-11-19(26(30,31)32)35-24(38)40/h3-4,9-10,13,17,19-20H,5-8,11-12H2,1-2H3,(H,35,40)(H,36,39). The summed E-state index contributed by atoms with van der Waals surface area (Å²) in [6.45, 7) is -0.733. The minimum atomic E-state index is -4.63. The smallest absolute Gasteiger partial charge is 0.410 e. The summed E-state index contributed by atoms with van der Waals surface area (Å²) in [5.41, 5.74) is 0.554. The molecule has 3 aromatic rings. The average Bonchev–Trinajstić information content (AvgIpc) is 3.61. The van der Waals surface area contributed by atoms with Crippen molar-refractivity contribution in [3.8, 4) is 0 Å². The molecule has 1 aromatic carbocycles. The number of hydrogen-bond acceptors (Lipinski definition) is 6. The van der Waals surface area contributed by atoms with Gasteiger partial charge in [0.05, 0.1) is 25.4 Å². The van der Waals surface area contributed by atoms with Crippen LogP contribution >= 0.6 is 0 Å². The second-order valence-electron chi connectivity index (χ2n) is 10.6. The molecule has 42 heavy (non-hydrogen) atoms. The minimum Gasteiger partial charge on any atom is -0.438 e. The van der Waals surface area contributed by atoms with E-state index in [4.69, 9.17) is 9.15 Å². The van der Waals surface area contributed by atoms with E-state index in [0.717, 1.165) is 15.8 Å². The lowest BCUT2D eigenvalue weighted by Crippen LogP contribution is -2.40. The highest BCUT2D eigenvalue weighted by Gasteiger charge is 2.48. The summed E-state index contributed by atoms with van der Waals surface area (Å²) in [6.07, 6.45) is -4.51. The Labute approximate surface area is 235 Å². The van der Waals surface area contributed by atoms with Crippen molar-refractivity contribution in [3.05, 3.63) is 47.4 Å². The molecule has 228 valence electrons. The maximum Gasteiger partial charge on any atom is 0.410 e. The summed E-state index contributed by atoms with van der Waals surface area (Å²) in [6, 6.07) is -0.249. The Bertz CT molecular complexity index is 1440. The molecular formula is C26H28F6N6O4. The zero-order chi connectivity index (χ0) is 30.4. The molecule has 3 unspecified atom stereocenters. The van der Waals surface area contributed by atoms with Gasteiger partial charge in [0.15, 0.2) is 17.1 Å². The molecule has 1 saturated carbocycles. The van der Waals surface area contributed by atoms with Crippen molar-refractivity contribution in [3.63, 3.8) is 0 Å². The molecule has 0 radical (unpaired) electrons. The quantitative estimate of drug-likeness (QED) is 0.363. The van der Waals surface area contributed by atoms with Crippen molar-refractivity contribution in [1.29, 1.82) is 0 Å². The number of benzene rings is 1. The van der Waals surface area contributed by atoms with Gasteiger partial charge < -0.3 is 24.7 Å². The van der Waals surface area contributed by atoms with Gasteiger partial charge in [-0.2, -0.15) is 18.3 Å². The van der Waals surface area contributed by atoms with E-state index in [-0.39, 0.29) is 42.1 Å². The van der Waals surface area contributed by atoms with Crippen LogP contribution in [0.25, 0.3) is 11.1 Å². The average molecular weight is 603 g/mol. The number of methoxy groups -OCH3 is 1. The largest absolute Gasteiger partial charge is 0.438 e. The third-order valence-electron chi connectivity index (χ3n) is 7.74. The normalized spacial score (nSPS) is 21.0. The highest BCUT2D eigenvalue weighted by atomic mass is 19.4. The molecule has 2 aliphatic rings. The summed E-state index contributed by atoms with van der Waals surface area (Å²) < 4.78 is 94.1. The number of rotatable bonds is 8. The lowest BCUT2D eigenvalue weighted by molar-refractivity contribution is -0.150. The monoisotopic (exact) mass is 602 g/mol. The summed E-state index contributed by atoms with van der Waals surface area (Å²) >= 11 is 0. The van der Waals surface area contributed by atoms with Crippen LogP contribution in [0.4, 0.5) is 31.1 Å². The van der Waals surface area contributed by atoms with E-state index in [9.17, 15) is 35.9 Å². The fraction of sp³-hybridized carbons (Fsp3) is 0.538. The van der Waals surface area contributed by atoms with Gasteiger partial charge >= 0.3 is 12.2 Å². The van der Waals surface area contributed by atoms with Crippen LogP contribution in [0.1, 0.15) is 59.7 Å². The van der Waals surface area contributed by atoms with Crippen LogP contribution in [-0.2, 0) is 11.8 Å². The van der Waals surface area contributed by atoms with E-state index in [1.165, 1.54) is 26.3 Å². The van der Waals surface area contributed by atoms with Crippen molar-refractivity contribution < 1.29 is 45.1 Å². The first-order chi connectivity index (χ1) is 19.8. The first-order valence-corrected chi connectivity index (χ1v) is 13.2. The molecular weight excluding hydrogens is 574 g/mol. The van der Waals surface area contributed by atoms with E-state index < -0.39 is 73.3 Å². The van der Waals surface area contributed by atoms with E-state index in [1.807, 2.05) is 5.32 Å². The molecule has 2 fully saturated rings. The molecule has 0 spiro atoms. The van der Waals surface area contributed by atoms with E-state index in [1.54, 1.807) is 6.07 Å². The van der Waals surface area contributed by atoms with Crippen molar-refractivity contribution >= 4 is 23.0 Å². The number of hydrogen-bond donors (Lipinski definition) is 2. The van der Waals surface area contributed by atoms with Crippen molar-refractivity contribution in [2.75, 3.05) is 20.3 Å². The molecule has 3 heterocycles. The molecule has 2 aromatic heterocycles. The second-order valence-corrected chi connectivity index (χ2v) is 10.6. The van der Waals surface area contributed by atoms with Gasteiger partial charge in [0.2, 0.25) is 11.8 Å².